The number of nitrogens with one attached hydrogen (secondary N) is 1. The van der Waals surface area contributed by atoms with Crippen molar-refractivity contribution in [3.05, 3.63) is 30.3 Å². The van der Waals surface area contributed by atoms with Gasteiger partial charge in [0.1, 0.15) is 18.2 Å². The largest absolute Gasteiger partial charge is 0.491 e. The van der Waals surface area contributed by atoms with E-state index in [1.807, 2.05) is 44.2 Å². The van der Waals surface area contributed by atoms with Crippen LogP contribution in [0.3, 0.4) is 0 Å². The first-order valence-corrected chi connectivity index (χ1v) is 5.62. The fourth-order valence-corrected chi connectivity index (χ4v) is 1.29. The highest BCUT2D eigenvalue weighted by molar-refractivity contribution is 6.27. The van der Waals surface area contributed by atoms with E-state index in [9.17, 15) is 4.79 Å². The topological polar surface area (TPSA) is 38.3 Å². The number of alkyl halides is 1. The summed E-state index contributed by atoms with van der Waals surface area (Å²) in [6.45, 7) is 4.18. The molecule has 0 aromatic heterocycles. The monoisotopic (exact) mass is 241 g/mol. The molecule has 1 amide bonds. The Morgan fingerprint density at radius 1 is 1.38 bits per heavy atom. The van der Waals surface area contributed by atoms with Crippen LogP contribution in [-0.4, -0.2) is 23.9 Å². The Kier molecular flexibility index (Phi) is 4.62. The number of amides is 1. The Morgan fingerprint density at radius 2 is 2.00 bits per heavy atom. The van der Waals surface area contributed by atoms with Gasteiger partial charge >= 0.3 is 0 Å². The third-order valence-electron chi connectivity index (χ3n) is 1.94. The molecule has 0 fully saturated rings. The Balaban J connectivity index is 2.44. The predicted molar refractivity (Wildman–Crippen MR) is 64.9 cm³/mol. The van der Waals surface area contributed by atoms with Crippen LogP contribution < -0.4 is 10.1 Å². The van der Waals surface area contributed by atoms with Crippen molar-refractivity contribution in [2.45, 2.75) is 19.4 Å². The Labute approximate surface area is 101 Å². The van der Waals surface area contributed by atoms with Crippen LogP contribution in [0.1, 0.15) is 13.8 Å². The van der Waals surface area contributed by atoms with Crippen LogP contribution in [0.25, 0.3) is 0 Å². The summed E-state index contributed by atoms with van der Waals surface area (Å²) >= 11 is 5.42. The van der Waals surface area contributed by atoms with Gasteiger partial charge in [-0.3, -0.25) is 4.79 Å². The lowest BCUT2D eigenvalue weighted by Crippen LogP contribution is -2.48. The minimum atomic E-state index is -0.429. The minimum Gasteiger partial charge on any atom is -0.491 e. The van der Waals surface area contributed by atoms with Crippen molar-refractivity contribution in [3.63, 3.8) is 0 Å². The molecule has 88 valence electrons. The Bertz CT molecular complexity index is 338. The molecule has 1 rings (SSSR count). The molecule has 0 radical (unpaired) electrons. The fourth-order valence-electron chi connectivity index (χ4n) is 1.23. The van der Waals surface area contributed by atoms with E-state index < -0.39 is 5.54 Å². The number of para-hydroxylation sites is 1. The maximum absolute atomic E-state index is 11.1. The number of carbonyl (C=O) groups is 1. The molecule has 1 aromatic carbocycles. The van der Waals surface area contributed by atoms with Gasteiger partial charge in [-0.15, -0.1) is 11.6 Å². The number of carbonyl (C=O) groups excluding carboxylic acids is 1. The van der Waals surface area contributed by atoms with Gasteiger partial charge in [0, 0.05) is 0 Å². The van der Waals surface area contributed by atoms with Crippen LogP contribution in [0.2, 0.25) is 0 Å². The third-order valence-corrected chi connectivity index (χ3v) is 2.18. The number of hydrogen-bond donors (Lipinski definition) is 1. The van der Waals surface area contributed by atoms with Crippen LogP contribution in [0, 0.1) is 0 Å². The molecule has 0 aliphatic heterocycles. The van der Waals surface area contributed by atoms with Gasteiger partial charge in [0.25, 0.3) is 0 Å². The van der Waals surface area contributed by atoms with Gasteiger partial charge in [-0.25, -0.2) is 0 Å². The van der Waals surface area contributed by atoms with Crippen molar-refractivity contribution in [2.24, 2.45) is 0 Å². The maximum Gasteiger partial charge on any atom is 0.235 e. The third kappa shape index (κ3) is 4.53. The van der Waals surface area contributed by atoms with Crippen LogP contribution in [-0.2, 0) is 4.79 Å². The van der Waals surface area contributed by atoms with E-state index in [1.165, 1.54) is 0 Å². The summed E-state index contributed by atoms with van der Waals surface area (Å²) in [7, 11) is 0. The number of benzene rings is 1. The normalized spacial score (nSPS) is 10.9. The molecule has 1 aromatic rings. The summed E-state index contributed by atoms with van der Waals surface area (Å²) in [4.78, 5) is 11.1. The van der Waals surface area contributed by atoms with E-state index in [0.29, 0.717) is 6.61 Å². The van der Waals surface area contributed by atoms with Crippen molar-refractivity contribution < 1.29 is 9.53 Å². The molecule has 0 heterocycles. The van der Waals surface area contributed by atoms with Crippen molar-refractivity contribution in [3.8, 4) is 5.75 Å². The van der Waals surface area contributed by atoms with Gasteiger partial charge in [-0.05, 0) is 26.0 Å². The molecule has 16 heavy (non-hydrogen) atoms. The molecule has 0 bridgehead atoms. The molecule has 0 atom stereocenters. The second-order valence-electron chi connectivity index (χ2n) is 4.17. The lowest BCUT2D eigenvalue weighted by atomic mass is 10.1. The first-order chi connectivity index (χ1) is 7.53. The highest BCUT2D eigenvalue weighted by Crippen LogP contribution is 2.11. The zero-order chi connectivity index (χ0) is 12.0. The van der Waals surface area contributed by atoms with Crippen LogP contribution in [0.15, 0.2) is 30.3 Å². The van der Waals surface area contributed by atoms with E-state index >= 15 is 0 Å². The molecule has 0 aliphatic rings. The average Bonchev–Trinajstić information content (AvgIpc) is 2.27. The van der Waals surface area contributed by atoms with Gasteiger partial charge in [0.05, 0.1) is 5.54 Å². The molecule has 4 heteroatoms. The fraction of sp³-hybridized carbons (Fsp3) is 0.417. The quantitative estimate of drug-likeness (QED) is 0.803. The van der Waals surface area contributed by atoms with Crippen molar-refractivity contribution in [1.82, 2.24) is 5.32 Å². The highest BCUT2D eigenvalue weighted by atomic mass is 35.5. The van der Waals surface area contributed by atoms with Gasteiger partial charge in [0.2, 0.25) is 5.91 Å². The summed E-state index contributed by atoms with van der Waals surface area (Å²) in [6, 6.07) is 9.48. The first kappa shape index (κ1) is 12.8. The van der Waals surface area contributed by atoms with Crippen LogP contribution in [0.5, 0.6) is 5.75 Å². The lowest BCUT2D eigenvalue weighted by molar-refractivity contribution is -0.120. The standard InChI is InChI=1S/C12H16ClNO2/c1-12(2,14-11(15)8-13)9-16-10-6-4-3-5-7-10/h3-7H,8-9H2,1-2H3,(H,14,15). The molecule has 0 spiro atoms. The van der Waals surface area contributed by atoms with Gasteiger partial charge in [-0.1, -0.05) is 18.2 Å². The second kappa shape index (κ2) is 5.75. The minimum absolute atomic E-state index is 0.0330. The molecule has 3 nitrogen and oxygen atoms in total. The molecular weight excluding hydrogens is 226 g/mol. The van der Waals surface area contributed by atoms with Crippen molar-refractivity contribution in [2.75, 3.05) is 12.5 Å². The molecule has 0 saturated carbocycles. The van der Waals surface area contributed by atoms with Gasteiger partial charge in [-0.2, -0.15) is 0 Å². The molecule has 0 unspecified atom stereocenters. The molecule has 0 saturated heterocycles. The van der Waals surface area contributed by atoms with Crippen molar-refractivity contribution in [1.29, 1.82) is 0 Å². The summed E-state index contributed by atoms with van der Waals surface area (Å²) in [6.07, 6.45) is 0. The summed E-state index contributed by atoms with van der Waals surface area (Å²) in [5.41, 5.74) is -0.429. The molecular formula is C12H16ClNO2. The number of ether oxygens (including phenoxy) is 1. The summed E-state index contributed by atoms with van der Waals surface area (Å²) < 4.78 is 5.56. The summed E-state index contributed by atoms with van der Waals surface area (Å²) in [5, 5.41) is 2.78. The van der Waals surface area contributed by atoms with E-state index in [2.05, 4.69) is 5.32 Å². The van der Waals surface area contributed by atoms with Crippen LogP contribution >= 0.6 is 11.6 Å². The van der Waals surface area contributed by atoms with Gasteiger partial charge in [0.15, 0.2) is 0 Å². The van der Waals surface area contributed by atoms with E-state index in [4.69, 9.17) is 16.3 Å². The second-order valence-corrected chi connectivity index (χ2v) is 4.43. The SMILES string of the molecule is CC(C)(COc1ccccc1)NC(=O)CCl. The molecule has 1 N–H and O–H groups in total. The Morgan fingerprint density at radius 3 is 2.56 bits per heavy atom. The number of hydrogen-bond acceptors (Lipinski definition) is 2. The number of halogens is 1. The van der Waals surface area contributed by atoms with E-state index in [0.717, 1.165) is 5.75 Å². The smallest absolute Gasteiger partial charge is 0.235 e. The van der Waals surface area contributed by atoms with Crippen LogP contribution in [0.4, 0.5) is 0 Å². The predicted octanol–water partition coefficient (Wildman–Crippen LogP) is 2.20. The average molecular weight is 242 g/mol. The van der Waals surface area contributed by atoms with Gasteiger partial charge < -0.3 is 10.1 Å². The van der Waals surface area contributed by atoms with E-state index in [-0.39, 0.29) is 11.8 Å². The zero-order valence-corrected chi connectivity index (χ0v) is 10.3. The summed E-state index contributed by atoms with van der Waals surface area (Å²) in [5.74, 6) is 0.563. The van der Waals surface area contributed by atoms with E-state index in [1.54, 1.807) is 0 Å². The first-order valence-electron chi connectivity index (χ1n) is 5.08. The molecule has 0 aliphatic carbocycles. The lowest BCUT2D eigenvalue weighted by Gasteiger charge is -2.25. The Hall–Kier alpha value is -1.22. The highest BCUT2D eigenvalue weighted by Gasteiger charge is 2.20. The zero-order valence-electron chi connectivity index (χ0n) is 9.50. The number of rotatable bonds is 5. The maximum atomic E-state index is 11.1. The van der Waals surface area contributed by atoms with Crippen molar-refractivity contribution >= 4 is 17.5 Å².